The van der Waals surface area contributed by atoms with Crippen LogP contribution in [0, 0.1) is 0 Å². The van der Waals surface area contributed by atoms with E-state index in [0.717, 1.165) is 17.0 Å². The number of imide groups is 1. The van der Waals surface area contributed by atoms with Crippen LogP contribution in [0.3, 0.4) is 0 Å². The van der Waals surface area contributed by atoms with Crippen molar-refractivity contribution >= 4 is 29.5 Å². The minimum absolute atomic E-state index is 0.0472. The average Bonchev–Trinajstić information content (AvgIpc) is 3.06. The molecule has 1 aliphatic heterocycles. The number of urea groups is 1. The van der Waals surface area contributed by atoms with Gasteiger partial charge in [-0.25, -0.2) is 9.59 Å². The number of carbonyl (C=O) groups excluding carboxylic acids is 4. The fourth-order valence-electron chi connectivity index (χ4n) is 2.81. The third-order valence-electron chi connectivity index (χ3n) is 4.48. The lowest BCUT2D eigenvalue weighted by atomic mass is 10.1. The fraction of sp³-hybridized carbons (Fsp3) is 0.238. The molecule has 2 N–H and O–H groups in total. The van der Waals surface area contributed by atoms with E-state index in [0.29, 0.717) is 5.56 Å². The summed E-state index contributed by atoms with van der Waals surface area (Å²) in [4.78, 5) is 48.8. The summed E-state index contributed by atoms with van der Waals surface area (Å²) in [5.41, 5.74) is 0.937. The van der Waals surface area contributed by atoms with E-state index in [2.05, 4.69) is 15.4 Å². The van der Waals surface area contributed by atoms with Gasteiger partial charge in [0.15, 0.2) is 6.10 Å². The van der Waals surface area contributed by atoms with Crippen molar-refractivity contribution in [3.05, 3.63) is 59.7 Å². The predicted molar refractivity (Wildman–Crippen MR) is 107 cm³/mol. The highest BCUT2D eigenvalue weighted by Gasteiger charge is 2.31. The van der Waals surface area contributed by atoms with E-state index in [1.165, 1.54) is 31.2 Å². The van der Waals surface area contributed by atoms with Crippen LogP contribution in [0.15, 0.2) is 48.5 Å². The monoisotopic (exact) mass is 465 g/mol. The summed E-state index contributed by atoms with van der Waals surface area (Å²) in [5.74, 6) is -2.28. The Morgan fingerprint density at radius 1 is 1.09 bits per heavy atom. The summed E-state index contributed by atoms with van der Waals surface area (Å²) in [7, 11) is 0. The molecule has 174 valence electrons. The summed E-state index contributed by atoms with van der Waals surface area (Å²) in [5, 5.41) is 4.82. The number of hydrogen-bond acceptors (Lipinski definition) is 6. The Balaban J connectivity index is 1.52. The molecule has 1 saturated heterocycles. The largest absolute Gasteiger partial charge is 0.573 e. The topological polar surface area (TPSA) is 114 Å². The maximum Gasteiger partial charge on any atom is 0.573 e. The van der Waals surface area contributed by atoms with Crippen LogP contribution in [0.5, 0.6) is 5.75 Å². The zero-order valence-corrected chi connectivity index (χ0v) is 17.1. The van der Waals surface area contributed by atoms with Gasteiger partial charge in [0.25, 0.3) is 5.91 Å². The summed E-state index contributed by atoms with van der Waals surface area (Å²) >= 11 is 0. The van der Waals surface area contributed by atoms with Crippen LogP contribution >= 0.6 is 0 Å². The number of benzene rings is 2. The first-order valence-corrected chi connectivity index (χ1v) is 9.56. The molecular formula is C21H18F3N3O6. The second-order valence-electron chi connectivity index (χ2n) is 6.94. The zero-order valence-electron chi connectivity index (χ0n) is 17.1. The molecule has 2 aromatic carbocycles. The lowest BCUT2D eigenvalue weighted by molar-refractivity contribution is -0.274. The summed E-state index contributed by atoms with van der Waals surface area (Å²) in [6, 6.07) is 9.93. The highest BCUT2D eigenvalue weighted by Crippen LogP contribution is 2.24. The van der Waals surface area contributed by atoms with Gasteiger partial charge >= 0.3 is 18.4 Å². The number of rotatable bonds is 7. The van der Waals surface area contributed by atoms with Crippen molar-refractivity contribution in [2.45, 2.75) is 25.9 Å². The molecular weight excluding hydrogens is 447 g/mol. The van der Waals surface area contributed by atoms with Gasteiger partial charge in [-0.15, -0.1) is 13.2 Å². The van der Waals surface area contributed by atoms with E-state index in [1.807, 2.05) is 0 Å². The first kappa shape index (κ1) is 23.6. The Hall–Kier alpha value is -4.09. The summed E-state index contributed by atoms with van der Waals surface area (Å²) in [6.07, 6.45) is -6.03. The fourth-order valence-corrected chi connectivity index (χ4v) is 2.81. The number of esters is 1. The Morgan fingerprint density at radius 2 is 1.73 bits per heavy atom. The molecule has 12 heteroatoms. The molecule has 0 spiro atoms. The van der Waals surface area contributed by atoms with Gasteiger partial charge in [0.2, 0.25) is 5.91 Å². The molecule has 0 bridgehead atoms. The normalized spacial score (nSPS) is 14.5. The van der Waals surface area contributed by atoms with Crippen LogP contribution in [0.2, 0.25) is 0 Å². The summed E-state index contributed by atoms with van der Waals surface area (Å²) < 4.78 is 45.4. The lowest BCUT2D eigenvalue weighted by Gasteiger charge is -2.15. The Morgan fingerprint density at radius 3 is 2.27 bits per heavy atom. The quantitative estimate of drug-likeness (QED) is 0.480. The number of nitrogens with one attached hydrogen (secondary N) is 2. The molecule has 0 radical (unpaired) electrons. The molecule has 1 heterocycles. The van der Waals surface area contributed by atoms with Crippen molar-refractivity contribution in [2.75, 3.05) is 11.9 Å². The highest BCUT2D eigenvalue weighted by atomic mass is 19.4. The number of amides is 4. The molecule has 3 rings (SSSR count). The van der Waals surface area contributed by atoms with Crippen LogP contribution in [0.1, 0.15) is 22.8 Å². The second-order valence-corrected chi connectivity index (χ2v) is 6.94. The van der Waals surface area contributed by atoms with Crippen molar-refractivity contribution in [3.8, 4) is 5.75 Å². The van der Waals surface area contributed by atoms with Crippen molar-refractivity contribution < 1.29 is 41.8 Å². The third-order valence-corrected chi connectivity index (χ3v) is 4.48. The van der Waals surface area contributed by atoms with Gasteiger partial charge in [-0.3, -0.25) is 14.5 Å². The van der Waals surface area contributed by atoms with E-state index in [4.69, 9.17) is 4.74 Å². The van der Waals surface area contributed by atoms with Crippen molar-refractivity contribution in [1.82, 2.24) is 10.2 Å². The number of hydrogen-bond donors (Lipinski definition) is 2. The number of nitrogens with zero attached hydrogens (tertiary/aromatic N) is 1. The standard InChI is InChI=1S/C21H18F3N3O6/c1-12(18(29)26-15-6-8-16(9-7-15)33-21(22,23)24)32-19(30)14-4-2-13(3-5-14)11-27-17(28)10-25-20(27)31/h2-9,12H,10-11H2,1H3,(H,25,31)(H,26,29). The van der Waals surface area contributed by atoms with Crippen LogP contribution < -0.4 is 15.4 Å². The molecule has 1 aliphatic rings. The highest BCUT2D eigenvalue weighted by molar-refractivity contribution is 6.02. The van der Waals surface area contributed by atoms with Gasteiger partial charge in [0, 0.05) is 5.69 Å². The average molecular weight is 465 g/mol. The third kappa shape index (κ3) is 6.45. The van der Waals surface area contributed by atoms with E-state index in [1.54, 1.807) is 12.1 Å². The van der Waals surface area contributed by atoms with Crippen molar-refractivity contribution in [3.63, 3.8) is 0 Å². The zero-order chi connectivity index (χ0) is 24.2. The molecule has 1 unspecified atom stereocenters. The van der Waals surface area contributed by atoms with Gasteiger partial charge in [-0.05, 0) is 48.9 Å². The Bertz CT molecular complexity index is 1040. The number of carbonyl (C=O) groups is 4. The maximum atomic E-state index is 12.3. The van der Waals surface area contributed by atoms with Gasteiger partial charge in [0.1, 0.15) is 5.75 Å². The molecule has 1 fully saturated rings. The number of halogens is 3. The number of alkyl halides is 3. The molecule has 33 heavy (non-hydrogen) atoms. The smallest absolute Gasteiger partial charge is 0.449 e. The van der Waals surface area contributed by atoms with E-state index in [9.17, 15) is 32.3 Å². The number of anilines is 1. The van der Waals surface area contributed by atoms with Crippen molar-refractivity contribution in [1.29, 1.82) is 0 Å². The minimum Gasteiger partial charge on any atom is -0.449 e. The first-order chi connectivity index (χ1) is 15.5. The molecule has 2 aromatic rings. The Labute approximate surface area is 185 Å². The van der Waals surface area contributed by atoms with Gasteiger partial charge in [0.05, 0.1) is 18.7 Å². The molecule has 1 atom stereocenters. The predicted octanol–water partition coefficient (Wildman–Crippen LogP) is 2.82. The van der Waals surface area contributed by atoms with E-state index < -0.39 is 36.1 Å². The van der Waals surface area contributed by atoms with Crippen molar-refractivity contribution in [2.24, 2.45) is 0 Å². The van der Waals surface area contributed by atoms with E-state index >= 15 is 0 Å². The molecule has 0 aromatic heterocycles. The van der Waals surface area contributed by atoms with Gasteiger partial charge in [-0.2, -0.15) is 0 Å². The second kappa shape index (κ2) is 9.59. The van der Waals surface area contributed by atoms with Gasteiger partial charge < -0.3 is 20.1 Å². The van der Waals surface area contributed by atoms with Crippen LogP contribution in [-0.4, -0.2) is 47.7 Å². The Kier molecular flexibility index (Phi) is 6.85. The van der Waals surface area contributed by atoms with Crippen LogP contribution in [-0.2, 0) is 20.9 Å². The lowest BCUT2D eigenvalue weighted by Crippen LogP contribution is -2.30. The first-order valence-electron chi connectivity index (χ1n) is 9.56. The minimum atomic E-state index is -4.83. The molecule has 4 amide bonds. The molecule has 0 aliphatic carbocycles. The van der Waals surface area contributed by atoms with Crippen LogP contribution in [0.25, 0.3) is 0 Å². The number of ether oxygens (including phenoxy) is 2. The van der Waals surface area contributed by atoms with Crippen LogP contribution in [0.4, 0.5) is 23.7 Å². The molecule has 0 saturated carbocycles. The summed E-state index contributed by atoms with van der Waals surface area (Å²) in [6.45, 7) is 1.32. The SMILES string of the molecule is CC(OC(=O)c1ccc(CN2C(=O)CNC2=O)cc1)C(=O)Nc1ccc(OC(F)(F)F)cc1. The van der Waals surface area contributed by atoms with Gasteiger partial charge in [-0.1, -0.05) is 12.1 Å². The van der Waals surface area contributed by atoms with E-state index in [-0.39, 0.29) is 30.2 Å². The maximum absolute atomic E-state index is 12.3. The molecule has 9 nitrogen and oxygen atoms in total.